The minimum atomic E-state index is 0.369. The Balaban J connectivity index is 1.60. The van der Waals surface area contributed by atoms with Gasteiger partial charge in [-0.15, -0.1) is 23.5 Å². The summed E-state index contributed by atoms with van der Waals surface area (Å²) in [5.74, 6) is 2.57. The Morgan fingerprint density at radius 3 is 2.62 bits per heavy atom. The second-order valence-electron chi connectivity index (χ2n) is 5.31. The molecule has 21 heavy (non-hydrogen) atoms. The first kappa shape index (κ1) is 15.5. The van der Waals surface area contributed by atoms with E-state index in [1.807, 2.05) is 12.5 Å². The molecule has 2 aromatic rings. The van der Waals surface area contributed by atoms with E-state index in [0.29, 0.717) is 4.08 Å². The van der Waals surface area contributed by atoms with Crippen molar-refractivity contribution in [2.24, 2.45) is 0 Å². The molecule has 0 saturated carbocycles. The molecule has 112 valence electrons. The molecule has 0 N–H and O–H groups in total. The molecule has 0 atom stereocenters. The molecular weight excluding hydrogens is 364 g/mol. The highest BCUT2D eigenvalue weighted by Crippen LogP contribution is 2.49. The van der Waals surface area contributed by atoms with Gasteiger partial charge in [-0.1, -0.05) is 28.1 Å². The molecule has 1 fully saturated rings. The molecule has 2 nitrogen and oxygen atoms in total. The summed E-state index contributed by atoms with van der Waals surface area (Å²) in [5.41, 5.74) is 1.45. The van der Waals surface area contributed by atoms with Gasteiger partial charge in [0.2, 0.25) is 0 Å². The lowest BCUT2D eigenvalue weighted by molar-refractivity contribution is 0.579. The molecular formula is C16H19BrN2S2. The van der Waals surface area contributed by atoms with E-state index in [2.05, 4.69) is 79.5 Å². The van der Waals surface area contributed by atoms with Crippen LogP contribution in [0.1, 0.15) is 18.4 Å². The van der Waals surface area contributed by atoms with Crippen LogP contribution in [-0.2, 0) is 13.0 Å². The summed E-state index contributed by atoms with van der Waals surface area (Å²) in [5, 5.41) is 0. The summed E-state index contributed by atoms with van der Waals surface area (Å²) in [6.45, 7) is 1.07. The highest BCUT2D eigenvalue weighted by Gasteiger charge is 2.35. The standard InChI is InChI=1S/C16H19BrN2S2/c17-15-4-2-14(3-5-15)12-16(20-10-11-21-16)6-1-8-19-9-7-18-13-19/h2-5,7,9,13H,1,6,8,10-12H2. The van der Waals surface area contributed by atoms with Gasteiger partial charge >= 0.3 is 0 Å². The third kappa shape index (κ3) is 4.30. The van der Waals surface area contributed by atoms with Gasteiger partial charge in [-0.25, -0.2) is 4.98 Å². The van der Waals surface area contributed by atoms with Crippen LogP contribution in [0.15, 0.2) is 47.5 Å². The second-order valence-corrected chi connectivity index (χ2v) is 9.45. The molecule has 1 saturated heterocycles. The topological polar surface area (TPSA) is 17.8 Å². The number of rotatable bonds is 6. The van der Waals surface area contributed by atoms with E-state index in [-0.39, 0.29) is 0 Å². The van der Waals surface area contributed by atoms with Gasteiger partial charge in [0.15, 0.2) is 0 Å². The van der Waals surface area contributed by atoms with Gasteiger partial charge in [0.25, 0.3) is 0 Å². The molecule has 3 rings (SSSR count). The van der Waals surface area contributed by atoms with Gasteiger partial charge in [-0.3, -0.25) is 0 Å². The van der Waals surface area contributed by atoms with Crippen molar-refractivity contribution < 1.29 is 0 Å². The molecule has 0 amide bonds. The Hall–Kier alpha value is -0.390. The van der Waals surface area contributed by atoms with Crippen LogP contribution in [0.4, 0.5) is 0 Å². The first-order valence-electron chi connectivity index (χ1n) is 7.24. The highest BCUT2D eigenvalue weighted by atomic mass is 79.9. The van der Waals surface area contributed by atoms with E-state index in [0.717, 1.165) is 11.0 Å². The summed E-state index contributed by atoms with van der Waals surface area (Å²) in [7, 11) is 0. The summed E-state index contributed by atoms with van der Waals surface area (Å²) in [6, 6.07) is 8.81. The molecule has 1 aliphatic rings. The Labute approximate surface area is 143 Å². The molecule has 1 aromatic heterocycles. The van der Waals surface area contributed by atoms with E-state index < -0.39 is 0 Å². The van der Waals surface area contributed by atoms with E-state index in [4.69, 9.17) is 0 Å². The fourth-order valence-corrected chi connectivity index (χ4v) is 6.32. The zero-order valence-corrected chi connectivity index (χ0v) is 15.1. The normalized spacial score (nSPS) is 17.2. The Kier molecular flexibility index (Phi) is 5.35. The molecule has 0 radical (unpaired) electrons. The summed E-state index contributed by atoms with van der Waals surface area (Å²) in [4.78, 5) is 4.11. The van der Waals surface area contributed by atoms with Crippen molar-refractivity contribution in [3.05, 3.63) is 53.0 Å². The van der Waals surface area contributed by atoms with Crippen molar-refractivity contribution in [2.75, 3.05) is 11.5 Å². The number of halogens is 1. The van der Waals surface area contributed by atoms with Crippen molar-refractivity contribution in [3.8, 4) is 0 Å². The molecule has 0 unspecified atom stereocenters. The number of aromatic nitrogens is 2. The average molecular weight is 383 g/mol. The monoisotopic (exact) mass is 382 g/mol. The summed E-state index contributed by atoms with van der Waals surface area (Å²) < 4.78 is 3.71. The zero-order chi connectivity index (χ0) is 14.5. The molecule has 0 bridgehead atoms. The van der Waals surface area contributed by atoms with Crippen LogP contribution < -0.4 is 0 Å². The van der Waals surface area contributed by atoms with E-state index >= 15 is 0 Å². The maximum Gasteiger partial charge on any atom is 0.0945 e. The van der Waals surface area contributed by atoms with Crippen LogP contribution in [0.2, 0.25) is 0 Å². The zero-order valence-electron chi connectivity index (χ0n) is 11.9. The van der Waals surface area contributed by atoms with Gasteiger partial charge in [0.05, 0.1) is 10.4 Å². The minimum absolute atomic E-state index is 0.369. The van der Waals surface area contributed by atoms with Gasteiger partial charge in [0, 0.05) is 34.9 Å². The fourth-order valence-electron chi connectivity index (χ4n) is 2.70. The predicted molar refractivity (Wildman–Crippen MR) is 97.0 cm³/mol. The van der Waals surface area contributed by atoms with Crippen LogP contribution in [0.25, 0.3) is 0 Å². The van der Waals surface area contributed by atoms with Gasteiger partial charge in [0.1, 0.15) is 0 Å². The molecule has 1 aliphatic heterocycles. The molecule has 0 aliphatic carbocycles. The van der Waals surface area contributed by atoms with Crippen LogP contribution in [-0.4, -0.2) is 25.1 Å². The number of thioether (sulfide) groups is 2. The minimum Gasteiger partial charge on any atom is -0.337 e. The summed E-state index contributed by atoms with van der Waals surface area (Å²) in [6.07, 6.45) is 9.46. The van der Waals surface area contributed by atoms with E-state index in [9.17, 15) is 0 Å². The Bertz CT molecular complexity index is 548. The smallest absolute Gasteiger partial charge is 0.0945 e. The molecule has 0 spiro atoms. The van der Waals surface area contributed by atoms with E-state index in [1.165, 1.54) is 36.3 Å². The third-order valence-electron chi connectivity index (χ3n) is 3.73. The largest absolute Gasteiger partial charge is 0.337 e. The number of imidazole rings is 1. The quantitative estimate of drug-likeness (QED) is 0.711. The van der Waals surface area contributed by atoms with Crippen molar-refractivity contribution in [1.29, 1.82) is 0 Å². The van der Waals surface area contributed by atoms with E-state index in [1.54, 1.807) is 0 Å². The SMILES string of the molecule is Brc1ccc(CC2(CCCn3ccnc3)SCCS2)cc1. The lowest BCUT2D eigenvalue weighted by Crippen LogP contribution is -2.21. The van der Waals surface area contributed by atoms with Crippen molar-refractivity contribution >= 4 is 39.5 Å². The van der Waals surface area contributed by atoms with Gasteiger partial charge in [-0.05, 0) is 37.0 Å². The van der Waals surface area contributed by atoms with Crippen LogP contribution in [0, 0.1) is 0 Å². The van der Waals surface area contributed by atoms with Gasteiger partial charge < -0.3 is 4.57 Å². The van der Waals surface area contributed by atoms with Crippen LogP contribution in [0.3, 0.4) is 0 Å². The number of hydrogen-bond donors (Lipinski definition) is 0. The molecule has 5 heteroatoms. The maximum atomic E-state index is 4.11. The number of aryl methyl sites for hydroxylation is 1. The van der Waals surface area contributed by atoms with Crippen molar-refractivity contribution in [3.63, 3.8) is 0 Å². The fraction of sp³-hybridized carbons (Fsp3) is 0.438. The Morgan fingerprint density at radius 1 is 1.19 bits per heavy atom. The maximum absolute atomic E-state index is 4.11. The Morgan fingerprint density at radius 2 is 1.95 bits per heavy atom. The molecule has 1 aromatic carbocycles. The first-order chi connectivity index (χ1) is 10.3. The lowest BCUT2D eigenvalue weighted by atomic mass is 10.1. The summed E-state index contributed by atoms with van der Waals surface area (Å²) >= 11 is 7.82. The van der Waals surface area contributed by atoms with Crippen molar-refractivity contribution in [2.45, 2.75) is 29.9 Å². The van der Waals surface area contributed by atoms with Crippen molar-refractivity contribution in [1.82, 2.24) is 9.55 Å². The van der Waals surface area contributed by atoms with Crippen LogP contribution in [0.5, 0.6) is 0 Å². The highest BCUT2D eigenvalue weighted by molar-refractivity contribution is 9.10. The number of hydrogen-bond acceptors (Lipinski definition) is 3. The second kappa shape index (κ2) is 7.25. The average Bonchev–Trinajstić information content (AvgIpc) is 3.14. The predicted octanol–water partition coefficient (Wildman–Crippen LogP) is 4.84. The lowest BCUT2D eigenvalue weighted by Gasteiger charge is -2.27. The first-order valence-corrected chi connectivity index (χ1v) is 10.0. The third-order valence-corrected chi connectivity index (χ3v) is 7.79. The van der Waals surface area contributed by atoms with Crippen LogP contribution >= 0.6 is 39.5 Å². The van der Waals surface area contributed by atoms with Gasteiger partial charge in [-0.2, -0.15) is 0 Å². The number of nitrogens with zero attached hydrogens (tertiary/aromatic N) is 2. The number of benzene rings is 1. The molecule has 2 heterocycles.